The molecule has 0 saturated carbocycles. The van der Waals surface area contributed by atoms with Crippen molar-refractivity contribution in [3.63, 3.8) is 0 Å². The largest absolute Gasteiger partial charge is 0.360 e. The molecule has 0 radical (unpaired) electrons. The van der Waals surface area contributed by atoms with Crippen molar-refractivity contribution >= 4 is 11.7 Å². The minimum atomic E-state index is -0.141. The van der Waals surface area contributed by atoms with Gasteiger partial charge in [-0.2, -0.15) is 0 Å². The van der Waals surface area contributed by atoms with Crippen LogP contribution in [0.3, 0.4) is 0 Å². The normalized spacial score (nSPS) is 16.1. The molecule has 1 aromatic heterocycles. The minimum absolute atomic E-state index is 0.141. The molecule has 1 amide bonds. The van der Waals surface area contributed by atoms with Gasteiger partial charge in [-0.15, -0.1) is 6.42 Å². The fourth-order valence-electron chi connectivity index (χ4n) is 3.10. The quantitative estimate of drug-likeness (QED) is 0.862. The number of nitrogens with zero attached hydrogens (tertiary/aromatic N) is 2. The second-order valence-corrected chi connectivity index (χ2v) is 5.73. The summed E-state index contributed by atoms with van der Waals surface area (Å²) in [6.45, 7) is 2.45. The zero-order chi connectivity index (χ0) is 16.2. The van der Waals surface area contributed by atoms with Crippen molar-refractivity contribution < 1.29 is 9.32 Å². The van der Waals surface area contributed by atoms with Crippen LogP contribution in [0.2, 0.25) is 0 Å². The number of amides is 1. The second kappa shape index (κ2) is 6.67. The Balaban J connectivity index is 1.70. The topological polar surface area (TPSA) is 58.4 Å². The van der Waals surface area contributed by atoms with Gasteiger partial charge in [0, 0.05) is 12.1 Å². The molecule has 0 saturated heterocycles. The average molecular weight is 309 g/mol. The van der Waals surface area contributed by atoms with Crippen molar-refractivity contribution in [3.05, 3.63) is 47.2 Å². The van der Waals surface area contributed by atoms with E-state index in [1.54, 1.807) is 13.0 Å². The molecule has 1 atom stereocenters. The Morgan fingerprint density at radius 2 is 2.35 bits per heavy atom. The SMILES string of the molecule is C#CCN(CC(=O)Nc1cc(C)on1)C1CCc2ccccc21. The first-order chi connectivity index (χ1) is 11.2. The van der Waals surface area contributed by atoms with Crippen molar-refractivity contribution in [2.75, 3.05) is 18.4 Å². The van der Waals surface area contributed by atoms with Gasteiger partial charge in [0.2, 0.25) is 5.91 Å². The summed E-state index contributed by atoms with van der Waals surface area (Å²) >= 11 is 0. The molecule has 1 aromatic carbocycles. The van der Waals surface area contributed by atoms with Gasteiger partial charge in [0.1, 0.15) is 5.76 Å². The standard InChI is InChI=1S/C18H19N3O2/c1-3-10-21(12-18(22)19-17-11-13(2)23-20-17)16-9-8-14-6-4-5-7-15(14)16/h1,4-7,11,16H,8-10,12H2,2H3,(H,19,20,22). The van der Waals surface area contributed by atoms with Gasteiger partial charge >= 0.3 is 0 Å². The molecule has 23 heavy (non-hydrogen) atoms. The maximum atomic E-state index is 12.3. The molecule has 1 N–H and O–H groups in total. The molecular weight excluding hydrogens is 290 g/mol. The Kier molecular flexibility index (Phi) is 4.45. The number of carbonyl (C=O) groups is 1. The number of fused-ring (bicyclic) bond motifs is 1. The van der Waals surface area contributed by atoms with E-state index in [0.717, 1.165) is 12.8 Å². The highest BCUT2D eigenvalue weighted by Gasteiger charge is 2.28. The molecule has 0 spiro atoms. The zero-order valence-corrected chi connectivity index (χ0v) is 13.1. The maximum Gasteiger partial charge on any atom is 0.239 e. The molecule has 118 valence electrons. The van der Waals surface area contributed by atoms with Gasteiger partial charge < -0.3 is 9.84 Å². The van der Waals surface area contributed by atoms with E-state index < -0.39 is 0 Å². The number of aromatic nitrogens is 1. The third kappa shape index (κ3) is 3.43. The minimum Gasteiger partial charge on any atom is -0.360 e. The highest BCUT2D eigenvalue weighted by atomic mass is 16.5. The first-order valence-corrected chi connectivity index (χ1v) is 7.66. The number of carbonyl (C=O) groups excluding carboxylic acids is 1. The third-order valence-corrected chi connectivity index (χ3v) is 4.08. The Hall–Kier alpha value is -2.58. The summed E-state index contributed by atoms with van der Waals surface area (Å²) in [6, 6.07) is 10.2. The lowest BCUT2D eigenvalue weighted by Crippen LogP contribution is -2.36. The molecule has 1 aliphatic carbocycles. The summed E-state index contributed by atoms with van der Waals surface area (Å²) in [4.78, 5) is 14.3. The van der Waals surface area contributed by atoms with Gasteiger partial charge in [0.05, 0.1) is 13.1 Å². The third-order valence-electron chi connectivity index (χ3n) is 4.08. The van der Waals surface area contributed by atoms with E-state index in [1.807, 2.05) is 17.0 Å². The molecule has 2 aromatic rings. The van der Waals surface area contributed by atoms with Crippen LogP contribution in [-0.2, 0) is 11.2 Å². The molecular formula is C18H19N3O2. The zero-order valence-electron chi connectivity index (χ0n) is 13.1. The Morgan fingerprint density at radius 3 is 3.09 bits per heavy atom. The lowest BCUT2D eigenvalue weighted by atomic mass is 10.1. The lowest BCUT2D eigenvalue weighted by molar-refractivity contribution is -0.117. The second-order valence-electron chi connectivity index (χ2n) is 5.73. The number of anilines is 1. The lowest BCUT2D eigenvalue weighted by Gasteiger charge is -2.27. The van der Waals surface area contributed by atoms with E-state index in [4.69, 9.17) is 10.9 Å². The molecule has 0 fully saturated rings. The van der Waals surface area contributed by atoms with Crippen LogP contribution in [0.4, 0.5) is 5.82 Å². The Morgan fingerprint density at radius 1 is 1.52 bits per heavy atom. The van der Waals surface area contributed by atoms with Crippen LogP contribution < -0.4 is 5.32 Å². The van der Waals surface area contributed by atoms with E-state index in [-0.39, 0.29) is 18.5 Å². The Bertz CT molecular complexity index is 745. The summed E-state index contributed by atoms with van der Waals surface area (Å²) < 4.78 is 4.95. The van der Waals surface area contributed by atoms with E-state index in [9.17, 15) is 4.79 Å². The molecule has 0 aliphatic heterocycles. The number of nitrogens with one attached hydrogen (secondary N) is 1. The van der Waals surface area contributed by atoms with Gasteiger partial charge in [0.25, 0.3) is 0 Å². The van der Waals surface area contributed by atoms with Crippen molar-refractivity contribution in [3.8, 4) is 12.3 Å². The van der Waals surface area contributed by atoms with Crippen molar-refractivity contribution in [2.24, 2.45) is 0 Å². The highest BCUT2D eigenvalue weighted by Crippen LogP contribution is 2.35. The molecule has 1 aliphatic rings. The molecule has 1 unspecified atom stereocenters. The number of hydrogen-bond acceptors (Lipinski definition) is 4. The van der Waals surface area contributed by atoms with Gasteiger partial charge in [0.15, 0.2) is 5.82 Å². The summed E-state index contributed by atoms with van der Waals surface area (Å²) in [5.41, 5.74) is 2.61. The van der Waals surface area contributed by atoms with E-state index in [1.165, 1.54) is 11.1 Å². The van der Waals surface area contributed by atoms with E-state index >= 15 is 0 Å². The van der Waals surface area contributed by atoms with Crippen molar-refractivity contribution in [1.29, 1.82) is 0 Å². The first kappa shape index (κ1) is 15.3. The van der Waals surface area contributed by atoms with Crippen LogP contribution in [0.15, 0.2) is 34.9 Å². The number of rotatable bonds is 5. The highest BCUT2D eigenvalue weighted by molar-refractivity contribution is 5.91. The molecule has 1 heterocycles. The van der Waals surface area contributed by atoms with Gasteiger partial charge in [-0.1, -0.05) is 35.3 Å². The summed E-state index contributed by atoms with van der Waals surface area (Å²) in [7, 11) is 0. The number of benzene rings is 1. The van der Waals surface area contributed by atoms with Gasteiger partial charge in [-0.25, -0.2) is 0 Å². The fraction of sp³-hybridized carbons (Fsp3) is 0.333. The summed E-state index contributed by atoms with van der Waals surface area (Å²) in [5.74, 6) is 3.61. The monoisotopic (exact) mass is 309 g/mol. The number of terminal acetylenes is 1. The van der Waals surface area contributed by atoms with Crippen LogP contribution in [0.25, 0.3) is 0 Å². The predicted molar refractivity (Wildman–Crippen MR) is 87.8 cm³/mol. The number of aryl methyl sites for hydroxylation is 2. The molecule has 5 heteroatoms. The van der Waals surface area contributed by atoms with Crippen LogP contribution in [0.1, 0.15) is 29.3 Å². The number of hydrogen-bond donors (Lipinski definition) is 1. The van der Waals surface area contributed by atoms with Gasteiger partial charge in [-0.3, -0.25) is 9.69 Å². The van der Waals surface area contributed by atoms with Crippen LogP contribution in [0, 0.1) is 19.3 Å². The summed E-state index contributed by atoms with van der Waals surface area (Å²) in [6.07, 6.45) is 7.50. The van der Waals surface area contributed by atoms with E-state index in [2.05, 4.69) is 28.5 Å². The van der Waals surface area contributed by atoms with Crippen LogP contribution in [-0.4, -0.2) is 29.1 Å². The van der Waals surface area contributed by atoms with Gasteiger partial charge in [-0.05, 0) is 30.9 Å². The maximum absolute atomic E-state index is 12.3. The molecule has 5 nitrogen and oxygen atoms in total. The van der Waals surface area contributed by atoms with Crippen molar-refractivity contribution in [2.45, 2.75) is 25.8 Å². The van der Waals surface area contributed by atoms with Crippen molar-refractivity contribution in [1.82, 2.24) is 10.1 Å². The predicted octanol–water partition coefficient (Wildman–Crippen LogP) is 2.54. The molecule has 0 bridgehead atoms. The van der Waals surface area contributed by atoms with E-state index in [0.29, 0.717) is 18.1 Å². The van der Waals surface area contributed by atoms with Crippen LogP contribution in [0.5, 0.6) is 0 Å². The Labute approximate surface area is 135 Å². The summed E-state index contributed by atoms with van der Waals surface area (Å²) in [5, 5.41) is 6.52. The average Bonchev–Trinajstić information content (AvgIpc) is 3.13. The first-order valence-electron chi connectivity index (χ1n) is 7.66. The molecule has 3 rings (SSSR count). The smallest absolute Gasteiger partial charge is 0.239 e. The fourth-order valence-corrected chi connectivity index (χ4v) is 3.10. The van der Waals surface area contributed by atoms with Crippen LogP contribution >= 0.6 is 0 Å².